The van der Waals surface area contributed by atoms with E-state index in [1.807, 2.05) is 36.4 Å². The summed E-state index contributed by atoms with van der Waals surface area (Å²) < 4.78 is 3.16. The summed E-state index contributed by atoms with van der Waals surface area (Å²) in [6.07, 6.45) is 1.03. The van der Waals surface area contributed by atoms with E-state index in [1.54, 1.807) is 0 Å². The van der Waals surface area contributed by atoms with Gasteiger partial charge in [0.2, 0.25) is 0 Å². The summed E-state index contributed by atoms with van der Waals surface area (Å²) in [5.74, 6) is 0.888. The normalized spacial score (nSPS) is 11.2. The van der Waals surface area contributed by atoms with Crippen LogP contribution in [0.2, 0.25) is 5.02 Å². The van der Waals surface area contributed by atoms with E-state index in [4.69, 9.17) is 22.3 Å². The maximum absolute atomic E-state index is 6.16. The fourth-order valence-corrected chi connectivity index (χ4v) is 3.04. The number of anilines is 1. The maximum atomic E-state index is 6.16. The third kappa shape index (κ3) is 2.65. The molecule has 0 unspecified atom stereocenters. The number of aromatic nitrogens is 2. The number of benzene rings is 2. The van der Waals surface area contributed by atoms with Gasteiger partial charge >= 0.3 is 0 Å². The molecule has 0 amide bonds. The minimum absolute atomic E-state index is 0.693. The van der Waals surface area contributed by atoms with Gasteiger partial charge in [0.05, 0.1) is 11.0 Å². The molecule has 5 heteroatoms. The molecule has 0 radical (unpaired) electrons. The van der Waals surface area contributed by atoms with E-state index >= 15 is 0 Å². The van der Waals surface area contributed by atoms with Crippen molar-refractivity contribution in [2.24, 2.45) is 0 Å². The second kappa shape index (κ2) is 5.70. The minimum Gasteiger partial charge on any atom is -0.398 e. The van der Waals surface area contributed by atoms with Crippen molar-refractivity contribution in [2.75, 3.05) is 5.73 Å². The fourth-order valence-electron chi connectivity index (χ4n) is 2.50. The quantitative estimate of drug-likeness (QED) is 0.656. The second-order valence-corrected chi connectivity index (χ2v) is 6.30. The summed E-state index contributed by atoms with van der Waals surface area (Å²) in [7, 11) is 0. The third-order valence-corrected chi connectivity index (χ3v) is 4.14. The standard InChI is InChI=1S/C16H15BrClN3/c1-2-7-21-15-6-4-11(18)9-14(15)20-16(21)12-5-3-10(17)8-13(12)19/h3-6,8-9H,2,7,19H2,1H3. The van der Waals surface area contributed by atoms with Gasteiger partial charge in [-0.05, 0) is 42.8 Å². The topological polar surface area (TPSA) is 43.8 Å². The molecule has 1 heterocycles. The minimum atomic E-state index is 0.693. The van der Waals surface area contributed by atoms with Gasteiger partial charge in [-0.25, -0.2) is 4.98 Å². The molecule has 2 aromatic carbocycles. The molecule has 3 aromatic rings. The van der Waals surface area contributed by atoms with Crippen molar-refractivity contribution in [3.63, 3.8) is 0 Å². The highest BCUT2D eigenvalue weighted by molar-refractivity contribution is 9.10. The average molecular weight is 365 g/mol. The molecule has 1 aromatic heterocycles. The van der Waals surface area contributed by atoms with Crippen LogP contribution in [0, 0.1) is 0 Å². The highest BCUT2D eigenvalue weighted by atomic mass is 79.9. The van der Waals surface area contributed by atoms with E-state index in [0.29, 0.717) is 10.7 Å². The Morgan fingerprint density at radius 1 is 1.24 bits per heavy atom. The van der Waals surface area contributed by atoms with Gasteiger partial charge in [0.15, 0.2) is 0 Å². The first kappa shape index (κ1) is 14.4. The Hall–Kier alpha value is -1.52. The van der Waals surface area contributed by atoms with E-state index in [0.717, 1.165) is 39.9 Å². The van der Waals surface area contributed by atoms with Gasteiger partial charge in [-0.2, -0.15) is 0 Å². The summed E-state index contributed by atoms with van der Waals surface area (Å²) in [5, 5.41) is 0.693. The summed E-state index contributed by atoms with van der Waals surface area (Å²) in [4.78, 5) is 4.74. The van der Waals surface area contributed by atoms with Crippen molar-refractivity contribution in [2.45, 2.75) is 19.9 Å². The number of aryl methyl sites for hydroxylation is 1. The van der Waals surface area contributed by atoms with Gasteiger partial charge in [0.25, 0.3) is 0 Å². The van der Waals surface area contributed by atoms with Crippen molar-refractivity contribution >= 4 is 44.3 Å². The van der Waals surface area contributed by atoms with Crippen LogP contribution in [-0.2, 0) is 6.54 Å². The van der Waals surface area contributed by atoms with Crippen LogP contribution in [-0.4, -0.2) is 9.55 Å². The molecule has 2 N–H and O–H groups in total. The molecule has 3 rings (SSSR count). The molecule has 0 atom stereocenters. The first-order chi connectivity index (χ1) is 10.1. The van der Waals surface area contributed by atoms with Gasteiger partial charge in [-0.15, -0.1) is 0 Å². The van der Waals surface area contributed by atoms with E-state index < -0.39 is 0 Å². The Labute approximate surface area is 136 Å². The molecule has 0 aliphatic carbocycles. The SMILES string of the molecule is CCCn1c(-c2ccc(Br)cc2N)nc2cc(Cl)ccc21. The molecule has 0 aliphatic rings. The zero-order valence-electron chi connectivity index (χ0n) is 11.6. The van der Waals surface area contributed by atoms with Crippen LogP contribution >= 0.6 is 27.5 Å². The average Bonchev–Trinajstić information content (AvgIpc) is 2.77. The Morgan fingerprint density at radius 3 is 2.76 bits per heavy atom. The van der Waals surface area contributed by atoms with Gasteiger partial charge in [0, 0.05) is 27.3 Å². The molecule has 0 fully saturated rings. The molecule has 0 aliphatic heterocycles. The number of nitrogen functional groups attached to an aromatic ring is 1. The zero-order chi connectivity index (χ0) is 15.0. The van der Waals surface area contributed by atoms with Crippen molar-refractivity contribution in [3.8, 4) is 11.4 Å². The van der Waals surface area contributed by atoms with E-state index in [2.05, 4.69) is 27.4 Å². The second-order valence-electron chi connectivity index (χ2n) is 4.95. The summed E-state index contributed by atoms with van der Waals surface area (Å²) in [5.41, 5.74) is 9.79. The van der Waals surface area contributed by atoms with Crippen LogP contribution in [0.15, 0.2) is 40.9 Å². The first-order valence-corrected chi connectivity index (χ1v) is 7.98. The lowest BCUT2D eigenvalue weighted by Crippen LogP contribution is -2.01. The van der Waals surface area contributed by atoms with Crippen LogP contribution < -0.4 is 5.73 Å². The molecule has 3 nitrogen and oxygen atoms in total. The van der Waals surface area contributed by atoms with Crippen LogP contribution in [0.1, 0.15) is 13.3 Å². The number of hydrogen-bond acceptors (Lipinski definition) is 2. The van der Waals surface area contributed by atoms with Crippen molar-refractivity contribution in [1.29, 1.82) is 0 Å². The lowest BCUT2D eigenvalue weighted by atomic mass is 10.1. The fraction of sp³-hybridized carbons (Fsp3) is 0.188. The zero-order valence-corrected chi connectivity index (χ0v) is 13.9. The molecule has 0 saturated carbocycles. The summed E-state index contributed by atoms with van der Waals surface area (Å²) in [6.45, 7) is 3.04. The maximum Gasteiger partial charge on any atom is 0.143 e. The lowest BCUT2D eigenvalue weighted by molar-refractivity contribution is 0.704. The molecular weight excluding hydrogens is 350 g/mol. The number of imidazole rings is 1. The van der Waals surface area contributed by atoms with Crippen LogP contribution in [0.3, 0.4) is 0 Å². The van der Waals surface area contributed by atoms with E-state index in [9.17, 15) is 0 Å². The monoisotopic (exact) mass is 363 g/mol. The predicted molar refractivity (Wildman–Crippen MR) is 92.6 cm³/mol. The van der Waals surface area contributed by atoms with Gasteiger partial charge < -0.3 is 10.3 Å². The Bertz CT molecular complexity index is 811. The highest BCUT2D eigenvalue weighted by Gasteiger charge is 2.14. The van der Waals surface area contributed by atoms with Crippen molar-refractivity contribution < 1.29 is 0 Å². The number of halogens is 2. The predicted octanol–water partition coefficient (Wildman–Crippen LogP) is 5.11. The Morgan fingerprint density at radius 2 is 2.05 bits per heavy atom. The first-order valence-electron chi connectivity index (χ1n) is 6.81. The molecule has 0 spiro atoms. The molecule has 108 valence electrons. The van der Waals surface area contributed by atoms with Gasteiger partial charge in [-0.1, -0.05) is 34.5 Å². The van der Waals surface area contributed by atoms with Crippen LogP contribution in [0.5, 0.6) is 0 Å². The van der Waals surface area contributed by atoms with Crippen molar-refractivity contribution in [3.05, 3.63) is 45.9 Å². The summed E-state index contributed by atoms with van der Waals surface area (Å²) >= 11 is 9.51. The molecule has 0 saturated heterocycles. The van der Waals surface area contributed by atoms with Crippen LogP contribution in [0.4, 0.5) is 5.69 Å². The van der Waals surface area contributed by atoms with Crippen molar-refractivity contribution in [1.82, 2.24) is 9.55 Å². The molecule has 0 bridgehead atoms. The highest BCUT2D eigenvalue weighted by Crippen LogP contribution is 2.31. The van der Waals surface area contributed by atoms with E-state index in [1.165, 1.54) is 0 Å². The largest absolute Gasteiger partial charge is 0.398 e. The third-order valence-electron chi connectivity index (χ3n) is 3.41. The molecule has 21 heavy (non-hydrogen) atoms. The number of nitrogens with two attached hydrogens (primary N) is 1. The van der Waals surface area contributed by atoms with Gasteiger partial charge in [0.1, 0.15) is 5.82 Å². The van der Waals surface area contributed by atoms with Gasteiger partial charge in [-0.3, -0.25) is 0 Å². The molecular formula is C16H15BrClN3. The number of nitrogens with zero attached hydrogens (tertiary/aromatic N) is 2. The van der Waals surface area contributed by atoms with Crippen LogP contribution in [0.25, 0.3) is 22.4 Å². The lowest BCUT2D eigenvalue weighted by Gasteiger charge is -2.10. The number of rotatable bonds is 3. The number of hydrogen-bond donors (Lipinski definition) is 1. The Kier molecular flexibility index (Phi) is 3.91. The van der Waals surface area contributed by atoms with E-state index in [-0.39, 0.29) is 0 Å². The smallest absolute Gasteiger partial charge is 0.143 e. The summed E-state index contributed by atoms with van der Waals surface area (Å²) in [6, 6.07) is 11.7. The Balaban J connectivity index is 2.27. The number of fused-ring (bicyclic) bond motifs is 1.